The predicted molar refractivity (Wildman–Crippen MR) is 83.4 cm³/mol. The number of hydrogen-bond acceptors (Lipinski definition) is 4. The molecule has 0 saturated heterocycles. The van der Waals surface area contributed by atoms with Crippen LogP contribution in [0, 0.1) is 5.82 Å². The molecule has 0 atom stereocenters. The molecular weight excluding hydrogens is 315 g/mol. The summed E-state index contributed by atoms with van der Waals surface area (Å²) in [6.07, 6.45) is 1.11. The minimum Gasteiger partial charge on any atom is -0.481 e. The van der Waals surface area contributed by atoms with Gasteiger partial charge in [-0.05, 0) is 26.7 Å². The topological polar surface area (TPSA) is 66.9 Å². The van der Waals surface area contributed by atoms with Crippen LogP contribution in [-0.4, -0.2) is 30.9 Å². The molecule has 1 aromatic carbocycles. The van der Waals surface area contributed by atoms with E-state index in [1.54, 1.807) is 18.7 Å². The Morgan fingerprint density at radius 1 is 1.08 bits per heavy atom. The van der Waals surface area contributed by atoms with Crippen molar-refractivity contribution in [3.8, 4) is 5.75 Å². The number of nitrogens with zero attached hydrogens (tertiary/aromatic N) is 2. The summed E-state index contributed by atoms with van der Waals surface area (Å²) in [5, 5.41) is 0. The van der Waals surface area contributed by atoms with Crippen molar-refractivity contribution in [2.75, 3.05) is 23.0 Å². The highest BCUT2D eigenvalue weighted by atomic mass is 19.1. The second-order valence-electron chi connectivity index (χ2n) is 6.17. The van der Waals surface area contributed by atoms with Gasteiger partial charge in [-0.25, -0.2) is 9.29 Å². The highest BCUT2D eigenvalue weighted by molar-refractivity contribution is 6.33. The third-order valence-electron chi connectivity index (χ3n) is 4.85. The summed E-state index contributed by atoms with van der Waals surface area (Å²) >= 11 is 0. The molecule has 124 valence electrons. The Morgan fingerprint density at radius 3 is 2.42 bits per heavy atom. The van der Waals surface area contributed by atoms with E-state index >= 15 is 0 Å². The molecule has 7 heteroatoms. The van der Waals surface area contributed by atoms with Gasteiger partial charge < -0.3 is 9.64 Å². The maximum absolute atomic E-state index is 14.8. The molecule has 0 spiro atoms. The van der Waals surface area contributed by atoms with Crippen LogP contribution in [0.4, 0.5) is 15.8 Å². The number of amides is 3. The van der Waals surface area contributed by atoms with Crippen LogP contribution in [0.2, 0.25) is 0 Å². The smallest absolute Gasteiger partial charge is 0.265 e. The molecule has 0 bridgehead atoms. The van der Waals surface area contributed by atoms with Gasteiger partial charge in [0.1, 0.15) is 5.75 Å². The molecule has 6 nitrogen and oxygen atoms in total. The van der Waals surface area contributed by atoms with Crippen LogP contribution >= 0.6 is 0 Å². The molecule has 0 N–H and O–H groups in total. The number of rotatable bonds is 1. The van der Waals surface area contributed by atoms with Crippen molar-refractivity contribution in [1.82, 2.24) is 0 Å². The monoisotopic (exact) mass is 330 g/mol. The zero-order chi connectivity index (χ0) is 17.2. The van der Waals surface area contributed by atoms with Gasteiger partial charge in [0.2, 0.25) is 0 Å². The average Bonchev–Trinajstić information content (AvgIpc) is 2.75. The van der Waals surface area contributed by atoms with Crippen molar-refractivity contribution in [3.05, 3.63) is 28.6 Å². The van der Waals surface area contributed by atoms with Crippen molar-refractivity contribution < 1.29 is 23.5 Å². The number of carbonyl (C=O) groups excluding carboxylic acids is 3. The van der Waals surface area contributed by atoms with Gasteiger partial charge in [0.05, 0.1) is 11.4 Å². The highest BCUT2D eigenvalue weighted by Gasteiger charge is 2.41. The van der Waals surface area contributed by atoms with Gasteiger partial charge in [-0.1, -0.05) is 0 Å². The third kappa shape index (κ3) is 1.78. The largest absolute Gasteiger partial charge is 0.481 e. The zero-order valence-electron chi connectivity index (χ0n) is 13.3. The van der Waals surface area contributed by atoms with Gasteiger partial charge >= 0.3 is 0 Å². The Labute approximate surface area is 137 Å². The second kappa shape index (κ2) is 4.90. The van der Waals surface area contributed by atoms with Crippen molar-refractivity contribution in [2.24, 2.45) is 0 Å². The Balaban J connectivity index is 1.95. The number of hydrogen-bond donors (Lipinski definition) is 0. The first kappa shape index (κ1) is 14.9. The fourth-order valence-corrected chi connectivity index (χ4v) is 3.49. The summed E-state index contributed by atoms with van der Waals surface area (Å²) in [6, 6.07) is 1.16. The van der Waals surface area contributed by atoms with E-state index in [9.17, 15) is 18.8 Å². The Morgan fingerprint density at radius 2 is 1.75 bits per heavy atom. The number of anilines is 2. The summed E-state index contributed by atoms with van der Waals surface area (Å²) in [5.74, 6) is -1.65. The molecule has 24 heavy (non-hydrogen) atoms. The fourth-order valence-electron chi connectivity index (χ4n) is 3.49. The number of ether oxygens (including phenoxy) is 1. The number of benzene rings is 1. The predicted octanol–water partition coefficient (Wildman–Crippen LogP) is 1.71. The van der Waals surface area contributed by atoms with Crippen molar-refractivity contribution in [2.45, 2.75) is 26.7 Å². The van der Waals surface area contributed by atoms with Crippen LogP contribution in [0.25, 0.3) is 0 Å². The van der Waals surface area contributed by atoms with E-state index in [0.717, 1.165) is 11.0 Å². The minimum absolute atomic E-state index is 0.0528. The van der Waals surface area contributed by atoms with Crippen molar-refractivity contribution in [3.63, 3.8) is 0 Å². The lowest BCUT2D eigenvalue weighted by molar-refractivity contribution is -0.122. The molecule has 3 amide bonds. The molecular formula is C17H15FN2O4. The molecule has 1 aromatic rings. The summed E-state index contributed by atoms with van der Waals surface area (Å²) in [7, 11) is 0. The molecule has 0 unspecified atom stereocenters. The van der Waals surface area contributed by atoms with Crippen LogP contribution in [0.3, 0.4) is 0 Å². The van der Waals surface area contributed by atoms with E-state index in [2.05, 4.69) is 0 Å². The normalized spacial score (nSPS) is 19.9. The first-order valence-corrected chi connectivity index (χ1v) is 7.76. The summed E-state index contributed by atoms with van der Waals surface area (Å²) in [4.78, 5) is 39.4. The van der Waals surface area contributed by atoms with Gasteiger partial charge in [0.25, 0.3) is 17.7 Å². The van der Waals surface area contributed by atoms with Crippen LogP contribution in [-0.2, 0) is 20.8 Å². The first-order valence-electron chi connectivity index (χ1n) is 7.76. The van der Waals surface area contributed by atoms with E-state index in [4.69, 9.17) is 4.74 Å². The Hall–Kier alpha value is -2.70. The van der Waals surface area contributed by atoms with Gasteiger partial charge in [0.15, 0.2) is 12.4 Å². The summed E-state index contributed by atoms with van der Waals surface area (Å²) in [6.45, 7) is 3.49. The molecule has 3 heterocycles. The van der Waals surface area contributed by atoms with E-state index in [-0.39, 0.29) is 24.0 Å². The molecule has 0 aromatic heterocycles. The van der Waals surface area contributed by atoms with E-state index in [1.807, 2.05) is 0 Å². The van der Waals surface area contributed by atoms with E-state index in [0.29, 0.717) is 41.8 Å². The molecule has 3 aliphatic heterocycles. The summed E-state index contributed by atoms with van der Waals surface area (Å²) in [5.41, 5.74) is 1.53. The highest BCUT2D eigenvalue weighted by Crippen LogP contribution is 2.46. The molecule has 4 rings (SSSR count). The quantitative estimate of drug-likeness (QED) is 0.735. The maximum atomic E-state index is 14.8. The molecule has 0 aliphatic carbocycles. The third-order valence-corrected chi connectivity index (χ3v) is 4.85. The lowest BCUT2D eigenvalue weighted by atomic mass is 9.96. The standard InChI is InChI=1S/C17H15FN2O4/c1-8-9(2)17(23)20(16(8)22)14-10-4-3-5-19-13(21)7-24-12(15(10)19)6-11(14)18/h6H,3-5,7H2,1-2H3. The van der Waals surface area contributed by atoms with E-state index in [1.165, 1.54) is 0 Å². The fraction of sp³-hybridized carbons (Fsp3) is 0.353. The van der Waals surface area contributed by atoms with Gasteiger partial charge in [-0.3, -0.25) is 14.4 Å². The van der Waals surface area contributed by atoms with Gasteiger partial charge in [-0.2, -0.15) is 0 Å². The maximum Gasteiger partial charge on any atom is 0.265 e. The summed E-state index contributed by atoms with van der Waals surface area (Å²) < 4.78 is 20.1. The molecule has 0 radical (unpaired) electrons. The minimum atomic E-state index is -0.691. The Kier molecular flexibility index (Phi) is 3.03. The Bertz CT molecular complexity index is 835. The second-order valence-corrected chi connectivity index (χ2v) is 6.17. The lowest BCUT2D eigenvalue weighted by Gasteiger charge is -2.36. The first-order chi connectivity index (χ1) is 11.4. The van der Waals surface area contributed by atoms with Crippen LogP contribution in [0.15, 0.2) is 17.2 Å². The average molecular weight is 330 g/mol. The number of imide groups is 1. The number of halogens is 1. The zero-order valence-corrected chi connectivity index (χ0v) is 13.3. The van der Waals surface area contributed by atoms with Crippen LogP contribution in [0.5, 0.6) is 5.75 Å². The molecule has 0 saturated carbocycles. The van der Waals surface area contributed by atoms with E-state index < -0.39 is 17.6 Å². The van der Waals surface area contributed by atoms with Crippen LogP contribution < -0.4 is 14.5 Å². The number of carbonyl (C=O) groups is 3. The SMILES string of the molecule is CC1=C(C)C(=O)N(c2c(F)cc3c4c2CCCN4C(=O)CO3)C1=O. The molecule has 0 fully saturated rings. The van der Waals surface area contributed by atoms with Crippen molar-refractivity contribution >= 4 is 29.1 Å². The van der Waals surface area contributed by atoms with Crippen LogP contribution in [0.1, 0.15) is 25.8 Å². The van der Waals surface area contributed by atoms with Gasteiger partial charge in [0, 0.05) is 29.3 Å². The van der Waals surface area contributed by atoms with Gasteiger partial charge in [-0.15, -0.1) is 0 Å². The lowest BCUT2D eigenvalue weighted by Crippen LogP contribution is -2.43. The molecule has 3 aliphatic rings. The van der Waals surface area contributed by atoms with Crippen molar-refractivity contribution in [1.29, 1.82) is 0 Å².